The average molecular weight is 379 g/mol. The van der Waals surface area contributed by atoms with Gasteiger partial charge in [-0.05, 0) is 62.1 Å². The van der Waals surface area contributed by atoms with Gasteiger partial charge in [-0.3, -0.25) is 4.79 Å². The number of ether oxygens (including phenoxy) is 1. The van der Waals surface area contributed by atoms with Crippen molar-refractivity contribution in [2.75, 3.05) is 18.5 Å². The first-order valence-corrected chi connectivity index (χ1v) is 9.80. The first-order valence-electron chi connectivity index (χ1n) is 9.80. The fourth-order valence-corrected chi connectivity index (χ4v) is 4.22. The molecule has 1 aliphatic carbocycles. The van der Waals surface area contributed by atoms with Crippen LogP contribution in [0.25, 0.3) is 0 Å². The van der Waals surface area contributed by atoms with Gasteiger partial charge in [-0.2, -0.15) is 0 Å². The zero-order chi connectivity index (χ0) is 19.5. The number of hydrogen-bond acceptors (Lipinski definition) is 3. The summed E-state index contributed by atoms with van der Waals surface area (Å²) in [5, 5.41) is 6.11. The molecule has 2 aromatic carbocycles. The van der Waals surface area contributed by atoms with Gasteiger partial charge in [0.05, 0.1) is 6.61 Å². The Hall–Kier alpha value is -3.02. The van der Waals surface area contributed by atoms with E-state index in [1.54, 1.807) is 0 Å². The van der Waals surface area contributed by atoms with E-state index in [4.69, 9.17) is 4.74 Å². The molecule has 2 aliphatic rings. The van der Waals surface area contributed by atoms with Gasteiger partial charge in [0.15, 0.2) is 0 Å². The summed E-state index contributed by atoms with van der Waals surface area (Å²) in [6.07, 6.45) is 1.75. The van der Waals surface area contributed by atoms with Gasteiger partial charge < -0.3 is 20.3 Å². The molecule has 3 amide bonds. The fraction of sp³-hybridized carbons (Fsp3) is 0.364. The molecule has 2 N–H and O–H groups in total. The molecule has 0 radical (unpaired) electrons. The summed E-state index contributed by atoms with van der Waals surface area (Å²) in [6, 6.07) is 16.9. The number of piperidine rings is 1. The first-order chi connectivity index (χ1) is 13.6. The number of amides is 3. The van der Waals surface area contributed by atoms with E-state index >= 15 is 0 Å². The lowest BCUT2D eigenvalue weighted by Gasteiger charge is -2.32. The lowest BCUT2D eigenvalue weighted by Crippen LogP contribution is -2.48. The molecule has 6 heteroatoms. The van der Waals surface area contributed by atoms with E-state index in [0.717, 1.165) is 24.3 Å². The molecule has 6 nitrogen and oxygen atoms in total. The average Bonchev–Trinajstić information content (AvgIpc) is 3.31. The van der Waals surface area contributed by atoms with Gasteiger partial charge >= 0.3 is 6.03 Å². The van der Waals surface area contributed by atoms with Crippen molar-refractivity contribution in [3.8, 4) is 5.75 Å². The van der Waals surface area contributed by atoms with Gasteiger partial charge in [-0.1, -0.05) is 18.2 Å². The van der Waals surface area contributed by atoms with Gasteiger partial charge in [0.2, 0.25) is 0 Å². The summed E-state index contributed by atoms with van der Waals surface area (Å²) in [5.41, 5.74) is 1.43. The number of hydrogen-bond donors (Lipinski definition) is 2. The third kappa shape index (κ3) is 3.81. The maximum atomic E-state index is 12.7. The van der Waals surface area contributed by atoms with E-state index in [9.17, 15) is 9.59 Å². The summed E-state index contributed by atoms with van der Waals surface area (Å²) < 4.78 is 5.42. The van der Waals surface area contributed by atoms with Crippen molar-refractivity contribution >= 4 is 17.6 Å². The highest BCUT2D eigenvalue weighted by atomic mass is 16.5. The summed E-state index contributed by atoms with van der Waals surface area (Å²) in [5.74, 6) is 1.06. The Morgan fingerprint density at radius 1 is 1.07 bits per heavy atom. The van der Waals surface area contributed by atoms with Gasteiger partial charge in [-0.15, -0.1) is 0 Å². The molecule has 2 aromatic rings. The number of carbonyl (C=O) groups is 2. The quantitative estimate of drug-likeness (QED) is 0.835. The van der Waals surface area contributed by atoms with Crippen molar-refractivity contribution in [1.82, 2.24) is 10.2 Å². The van der Waals surface area contributed by atoms with Gasteiger partial charge in [0, 0.05) is 29.9 Å². The Bertz CT molecular complexity index is 838. The van der Waals surface area contributed by atoms with Crippen LogP contribution in [0.1, 0.15) is 30.1 Å². The SMILES string of the molecule is CCOc1ccc(NC(=O)N2C[C@@H]3C[C@H]2C[C@@H]3NC(=O)c2ccccc2)cc1. The second-order valence-electron chi connectivity index (χ2n) is 7.37. The number of nitrogens with zero attached hydrogens (tertiary/aromatic N) is 1. The van der Waals surface area contributed by atoms with Crippen LogP contribution >= 0.6 is 0 Å². The molecule has 0 unspecified atom stereocenters. The lowest BCUT2D eigenvalue weighted by molar-refractivity contribution is 0.0915. The van der Waals surface area contributed by atoms with Crippen LogP contribution < -0.4 is 15.4 Å². The molecule has 1 aliphatic heterocycles. The van der Waals surface area contributed by atoms with Crippen LogP contribution in [0.4, 0.5) is 10.5 Å². The minimum absolute atomic E-state index is 0.0384. The van der Waals surface area contributed by atoms with Gasteiger partial charge in [0.25, 0.3) is 5.91 Å². The number of likely N-dealkylation sites (tertiary alicyclic amines) is 1. The van der Waals surface area contributed by atoms with Crippen LogP contribution in [0, 0.1) is 5.92 Å². The molecule has 3 atom stereocenters. The molecule has 1 saturated carbocycles. The van der Waals surface area contributed by atoms with E-state index in [-0.39, 0.29) is 24.0 Å². The topological polar surface area (TPSA) is 70.7 Å². The van der Waals surface area contributed by atoms with Crippen molar-refractivity contribution in [3.05, 3.63) is 60.2 Å². The second-order valence-corrected chi connectivity index (χ2v) is 7.37. The van der Waals surface area contributed by atoms with Gasteiger partial charge in [-0.25, -0.2) is 4.79 Å². The van der Waals surface area contributed by atoms with Crippen LogP contribution in [0.15, 0.2) is 54.6 Å². The highest BCUT2D eigenvalue weighted by molar-refractivity contribution is 5.94. The predicted molar refractivity (Wildman–Crippen MR) is 108 cm³/mol. The highest BCUT2D eigenvalue weighted by Gasteiger charge is 2.47. The molecular formula is C22H25N3O3. The monoisotopic (exact) mass is 379 g/mol. The number of nitrogens with one attached hydrogen (secondary N) is 2. The molecule has 2 fully saturated rings. The van der Waals surface area contributed by atoms with Crippen LogP contribution in [-0.4, -0.2) is 42.1 Å². The Labute approximate surface area is 164 Å². The fourth-order valence-electron chi connectivity index (χ4n) is 4.22. The largest absolute Gasteiger partial charge is 0.494 e. The van der Waals surface area contributed by atoms with E-state index in [1.807, 2.05) is 66.4 Å². The van der Waals surface area contributed by atoms with Crippen molar-refractivity contribution < 1.29 is 14.3 Å². The third-order valence-electron chi connectivity index (χ3n) is 5.57. The molecule has 146 valence electrons. The van der Waals surface area contributed by atoms with Crippen LogP contribution in [-0.2, 0) is 0 Å². The molecule has 0 aromatic heterocycles. The standard InChI is InChI=1S/C22H25N3O3/c1-2-28-19-10-8-17(9-11-19)23-22(27)25-14-16-12-18(25)13-20(16)24-21(26)15-6-4-3-5-7-15/h3-11,16,18,20H,2,12-14H2,1H3,(H,23,27)(H,24,26)/t16-,18-,20-/m0/s1. The van der Waals surface area contributed by atoms with Crippen LogP contribution in [0.5, 0.6) is 5.75 Å². The molecule has 2 bridgehead atoms. The third-order valence-corrected chi connectivity index (χ3v) is 5.57. The van der Waals surface area contributed by atoms with E-state index < -0.39 is 0 Å². The van der Waals surface area contributed by atoms with Crippen molar-refractivity contribution in [2.24, 2.45) is 5.92 Å². The maximum Gasteiger partial charge on any atom is 0.322 e. The number of fused-ring (bicyclic) bond motifs is 2. The molecule has 28 heavy (non-hydrogen) atoms. The summed E-state index contributed by atoms with van der Waals surface area (Å²) in [7, 11) is 0. The minimum Gasteiger partial charge on any atom is -0.494 e. The van der Waals surface area contributed by atoms with Crippen LogP contribution in [0.2, 0.25) is 0 Å². The molecule has 4 rings (SSSR count). The predicted octanol–water partition coefficient (Wildman–Crippen LogP) is 3.51. The lowest BCUT2D eigenvalue weighted by atomic mass is 10.0. The van der Waals surface area contributed by atoms with E-state index in [1.165, 1.54) is 0 Å². The Morgan fingerprint density at radius 2 is 1.82 bits per heavy atom. The Morgan fingerprint density at radius 3 is 2.46 bits per heavy atom. The molecular weight excluding hydrogens is 354 g/mol. The summed E-state index contributed by atoms with van der Waals surface area (Å²) in [6.45, 7) is 3.23. The Kier molecular flexibility index (Phi) is 5.19. The highest BCUT2D eigenvalue weighted by Crippen LogP contribution is 2.38. The number of benzene rings is 2. The smallest absolute Gasteiger partial charge is 0.322 e. The number of urea groups is 1. The van der Waals surface area contributed by atoms with Crippen LogP contribution in [0.3, 0.4) is 0 Å². The zero-order valence-corrected chi connectivity index (χ0v) is 15.9. The maximum absolute atomic E-state index is 12.7. The van der Waals surface area contributed by atoms with E-state index in [0.29, 0.717) is 24.6 Å². The van der Waals surface area contributed by atoms with Crippen molar-refractivity contribution in [3.63, 3.8) is 0 Å². The number of rotatable bonds is 5. The van der Waals surface area contributed by atoms with Crippen molar-refractivity contribution in [1.29, 1.82) is 0 Å². The normalized spacial score (nSPS) is 22.8. The van der Waals surface area contributed by atoms with E-state index in [2.05, 4.69) is 10.6 Å². The Balaban J connectivity index is 1.31. The zero-order valence-electron chi connectivity index (χ0n) is 15.9. The summed E-state index contributed by atoms with van der Waals surface area (Å²) in [4.78, 5) is 27.0. The second kappa shape index (κ2) is 7.92. The number of carbonyl (C=O) groups excluding carboxylic acids is 2. The first kappa shape index (κ1) is 18.3. The number of anilines is 1. The summed E-state index contributed by atoms with van der Waals surface area (Å²) >= 11 is 0. The van der Waals surface area contributed by atoms with Gasteiger partial charge in [0.1, 0.15) is 5.75 Å². The molecule has 1 saturated heterocycles. The molecule has 0 spiro atoms. The molecule has 1 heterocycles. The van der Waals surface area contributed by atoms with Crippen molar-refractivity contribution in [2.45, 2.75) is 31.8 Å². The minimum atomic E-state index is -0.0792.